The Morgan fingerprint density at radius 1 is 1.38 bits per heavy atom. The molecule has 0 aromatic carbocycles. The summed E-state index contributed by atoms with van der Waals surface area (Å²) in [5.41, 5.74) is 0. The zero-order valence-corrected chi connectivity index (χ0v) is 8.36. The molecule has 2 heteroatoms. The van der Waals surface area contributed by atoms with Crippen LogP contribution in [0.3, 0.4) is 0 Å². The fourth-order valence-corrected chi connectivity index (χ4v) is 2.40. The van der Waals surface area contributed by atoms with Crippen molar-refractivity contribution in [2.45, 2.75) is 29.1 Å². The Bertz CT molecular complexity index is 76.6. The summed E-state index contributed by atoms with van der Waals surface area (Å²) >= 11 is 1.25. The Morgan fingerprint density at radius 2 is 1.88 bits per heavy atom. The van der Waals surface area contributed by atoms with Crippen molar-refractivity contribution < 1.29 is 5.11 Å². The van der Waals surface area contributed by atoms with Crippen LogP contribution in [-0.2, 0) is 0 Å². The Balaban J connectivity index is 2.40. The average Bonchev–Trinajstić information content (AvgIpc) is 2.17. The molecular weight excluding hydrogens is 207 g/mol. The predicted octanol–water partition coefficient (Wildman–Crippen LogP) is 0.612. The molecule has 0 atom stereocenters. The SMILES string of the molecule is OC[C]1([SnH])CCCC1. The van der Waals surface area contributed by atoms with E-state index in [-0.39, 0.29) is 0 Å². The molecule has 1 aliphatic carbocycles. The molecule has 1 rings (SSSR count). The summed E-state index contributed by atoms with van der Waals surface area (Å²) in [6.45, 7) is 0.440. The van der Waals surface area contributed by atoms with Gasteiger partial charge in [-0.05, 0) is 0 Å². The van der Waals surface area contributed by atoms with Gasteiger partial charge in [0.1, 0.15) is 0 Å². The molecule has 1 N–H and O–H groups in total. The monoisotopic (exact) mass is 220 g/mol. The second-order valence-electron chi connectivity index (χ2n) is 2.73. The Hall–Kier alpha value is 0.759. The van der Waals surface area contributed by atoms with Gasteiger partial charge in [-0.1, -0.05) is 0 Å². The van der Waals surface area contributed by atoms with Gasteiger partial charge in [-0.2, -0.15) is 0 Å². The van der Waals surface area contributed by atoms with E-state index in [0.29, 0.717) is 10.0 Å². The maximum absolute atomic E-state index is 8.86. The third-order valence-electron chi connectivity index (χ3n) is 1.91. The normalized spacial score (nSPS) is 26.2. The molecule has 1 fully saturated rings. The summed E-state index contributed by atoms with van der Waals surface area (Å²) in [7, 11) is 0. The van der Waals surface area contributed by atoms with Gasteiger partial charge in [-0.3, -0.25) is 0 Å². The van der Waals surface area contributed by atoms with Crippen LogP contribution in [-0.4, -0.2) is 34.2 Å². The maximum atomic E-state index is 8.86. The van der Waals surface area contributed by atoms with E-state index in [1.807, 2.05) is 0 Å². The van der Waals surface area contributed by atoms with Crippen LogP contribution in [0.15, 0.2) is 0 Å². The van der Waals surface area contributed by atoms with Crippen LogP contribution in [0.1, 0.15) is 25.7 Å². The first kappa shape index (κ1) is 6.87. The van der Waals surface area contributed by atoms with E-state index in [4.69, 9.17) is 5.11 Å². The summed E-state index contributed by atoms with van der Waals surface area (Å²) in [6, 6.07) is 0. The third kappa shape index (κ3) is 1.38. The van der Waals surface area contributed by atoms with Gasteiger partial charge in [0.05, 0.1) is 0 Å². The number of hydrogen-bond acceptors (Lipinski definition) is 1. The minimum absolute atomic E-state index is 0.422. The molecule has 0 aromatic heterocycles. The van der Waals surface area contributed by atoms with Gasteiger partial charge in [0.25, 0.3) is 0 Å². The summed E-state index contributed by atoms with van der Waals surface area (Å²) < 4.78 is 0.422. The molecular formula is C6H12OSn. The zero-order valence-electron chi connectivity index (χ0n) is 5.06. The summed E-state index contributed by atoms with van der Waals surface area (Å²) in [5, 5.41) is 8.86. The topological polar surface area (TPSA) is 20.2 Å². The van der Waals surface area contributed by atoms with Crippen molar-refractivity contribution in [3.63, 3.8) is 0 Å². The molecule has 0 amide bonds. The van der Waals surface area contributed by atoms with Crippen LogP contribution in [0, 0.1) is 0 Å². The van der Waals surface area contributed by atoms with E-state index in [1.165, 1.54) is 48.2 Å². The van der Waals surface area contributed by atoms with Crippen molar-refractivity contribution in [2.75, 3.05) is 6.61 Å². The van der Waals surface area contributed by atoms with E-state index in [9.17, 15) is 0 Å². The van der Waals surface area contributed by atoms with Crippen molar-refractivity contribution in [1.82, 2.24) is 0 Å². The van der Waals surface area contributed by atoms with Crippen molar-refractivity contribution in [1.29, 1.82) is 0 Å². The van der Waals surface area contributed by atoms with Crippen molar-refractivity contribution in [3.8, 4) is 0 Å². The summed E-state index contributed by atoms with van der Waals surface area (Å²) in [6.07, 6.45) is 5.26. The van der Waals surface area contributed by atoms with Gasteiger partial charge in [0.15, 0.2) is 0 Å². The summed E-state index contributed by atoms with van der Waals surface area (Å²) in [5.74, 6) is 0. The quantitative estimate of drug-likeness (QED) is 0.640. The van der Waals surface area contributed by atoms with Crippen LogP contribution in [0.2, 0.25) is 3.43 Å². The van der Waals surface area contributed by atoms with Gasteiger partial charge in [-0.25, -0.2) is 0 Å². The van der Waals surface area contributed by atoms with Gasteiger partial charge in [0, 0.05) is 0 Å². The van der Waals surface area contributed by atoms with Gasteiger partial charge < -0.3 is 0 Å². The molecule has 46 valence electrons. The molecule has 0 aliphatic heterocycles. The number of rotatable bonds is 1. The van der Waals surface area contributed by atoms with Crippen molar-refractivity contribution >= 4 is 22.5 Å². The Kier molecular flexibility index (Phi) is 2.20. The molecule has 0 bridgehead atoms. The second kappa shape index (κ2) is 2.56. The van der Waals surface area contributed by atoms with E-state index in [2.05, 4.69) is 0 Å². The fourth-order valence-electron chi connectivity index (χ4n) is 1.24. The molecule has 0 unspecified atom stereocenters. The van der Waals surface area contributed by atoms with E-state index in [0.717, 1.165) is 0 Å². The number of hydrogen-bond donors (Lipinski definition) is 1. The molecule has 0 saturated heterocycles. The van der Waals surface area contributed by atoms with Crippen LogP contribution >= 0.6 is 0 Å². The van der Waals surface area contributed by atoms with Crippen LogP contribution in [0.4, 0.5) is 0 Å². The third-order valence-corrected chi connectivity index (χ3v) is 4.08. The standard InChI is InChI=1S/C6H11O.Sn.H/c7-5-6-3-1-2-4-6;;/h7H,1-5H2;;. The molecule has 0 aromatic rings. The van der Waals surface area contributed by atoms with E-state index < -0.39 is 0 Å². The molecule has 2 radical (unpaired) electrons. The van der Waals surface area contributed by atoms with Crippen LogP contribution in [0.25, 0.3) is 0 Å². The number of aliphatic hydroxyl groups excluding tert-OH is 1. The first-order chi connectivity index (χ1) is 3.77. The fraction of sp³-hybridized carbons (Fsp3) is 1.00. The second-order valence-corrected chi connectivity index (χ2v) is 6.22. The van der Waals surface area contributed by atoms with Crippen LogP contribution in [0.5, 0.6) is 0 Å². The molecule has 1 nitrogen and oxygen atoms in total. The zero-order chi connectivity index (χ0) is 6.04. The molecule has 1 saturated carbocycles. The summed E-state index contributed by atoms with van der Waals surface area (Å²) in [4.78, 5) is 0. The van der Waals surface area contributed by atoms with Crippen molar-refractivity contribution in [3.05, 3.63) is 0 Å². The Morgan fingerprint density at radius 3 is 2.12 bits per heavy atom. The van der Waals surface area contributed by atoms with Crippen molar-refractivity contribution in [2.24, 2.45) is 0 Å². The predicted molar refractivity (Wildman–Crippen MR) is 35.4 cm³/mol. The first-order valence-corrected chi connectivity index (χ1v) is 4.81. The molecule has 1 aliphatic rings. The minimum atomic E-state index is 0.422. The Labute approximate surface area is 63.6 Å². The first-order valence-electron chi connectivity index (χ1n) is 3.17. The molecule has 0 spiro atoms. The molecule has 0 heterocycles. The average molecular weight is 219 g/mol. The van der Waals surface area contributed by atoms with E-state index in [1.54, 1.807) is 0 Å². The van der Waals surface area contributed by atoms with Crippen LogP contribution < -0.4 is 0 Å². The van der Waals surface area contributed by atoms with Gasteiger partial charge in [-0.15, -0.1) is 0 Å². The molecule has 8 heavy (non-hydrogen) atoms. The van der Waals surface area contributed by atoms with Gasteiger partial charge in [0.2, 0.25) is 0 Å². The van der Waals surface area contributed by atoms with Gasteiger partial charge >= 0.3 is 63.4 Å². The van der Waals surface area contributed by atoms with E-state index >= 15 is 0 Å². The number of aliphatic hydroxyl groups is 1.